The van der Waals surface area contributed by atoms with E-state index in [1.165, 1.54) is 11.8 Å². The average Bonchev–Trinajstić information content (AvgIpc) is 3.02. The van der Waals surface area contributed by atoms with Gasteiger partial charge in [-0.3, -0.25) is 9.89 Å². The number of hydrogen-bond donors (Lipinski definition) is 2. The Bertz CT molecular complexity index is 865. The summed E-state index contributed by atoms with van der Waals surface area (Å²) < 4.78 is 1.08. The predicted octanol–water partition coefficient (Wildman–Crippen LogP) is 4.12. The third-order valence-electron chi connectivity index (χ3n) is 3.31. The first kappa shape index (κ1) is 17.0. The molecule has 2 aromatic carbocycles. The molecule has 7 heteroatoms. The van der Waals surface area contributed by atoms with Crippen molar-refractivity contribution in [1.82, 2.24) is 15.2 Å². The molecule has 3 rings (SSSR count). The molecule has 122 valence electrons. The third kappa shape index (κ3) is 4.35. The highest BCUT2D eigenvalue weighted by molar-refractivity contribution is 14.1. The van der Waals surface area contributed by atoms with Crippen molar-refractivity contribution in [3.63, 3.8) is 0 Å². The van der Waals surface area contributed by atoms with Crippen LogP contribution in [0.3, 0.4) is 0 Å². The average molecular weight is 450 g/mol. The third-order valence-corrected chi connectivity index (χ3v) is 4.82. The summed E-state index contributed by atoms with van der Waals surface area (Å²) in [4.78, 5) is 16.5. The number of aryl methyl sites for hydroxylation is 1. The maximum absolute atomic E-state index is 12.0. The lowest BCUT2D eigenvalue weighted by Gasteiger charge is -2.04. The van der Waals surface area contributed by atoms with Gasteiger partial charge in [-0.15, -0.1) is 5.10 Å². The minimum atomic E-state index is -0.0794. The van der Waals surface area contributed by atoms with E-state index in [2.05, 4.69) is 43.1 Å². The van der Waals surface area contributed by atoms with Gasteiger partial charge in [-0.25, -0.2) is 4.98 Å². The molecule has 0 radical (unpaired) electrons. The maximum atomic E-state index is 12.0. The number of benzene rings is 2. The number of hydrogen-bond acceptors (Lipinski definition) is 4. The number of aromatic amines is 1. The van der Waals surface area contributed by atoms with Gasteiger partial charge in [0.2, 0.25) is 11.1 Å². The van der Waals surface area contributed by atoms with Crippen molar-refractivity contribution < 1.29 is 4.79 Å². The Morgan fingerprint density at radius 1 is 1.25 bits per heavy atom. The van der Waals surface area contributed by atoms with Crippen LogP contribution >= 0.6 is 34.4 Å². The quantitative estimate of drug-likeness (QED) is 0.454. The van der Waals surface area contributed by atoms with E-state index >= 15 is 0 Å². The Hall–Kier alpha value is -1.87. The molecule has 1 aromatic heterocycles. The Morgan fingerprint density at radius 2 is 2.08 bits per heavy atom. The SMILES string of the molecule is Cc1ccccc1-c1nc(SCC(=O)Nc2cccc(I)c2)n[nH]1. The second kappa shape index (κ2) is 7.80. The summed E-state index contributed by atoms with van der Waals surface area (Å²) in [6, 6.07) is 15.7. The van der Waals surface area contributed by atoms with Crippen LogP contribution in [0.4, 0.5) is 5.69 Å². The molecule has 5 nitrogen and oxygen atoms in total. The monoisotopic (exact) mass is 450 g/mol. The number of nitrogens with one attached hydrogen (secondary N) is 2. The normalized spacial score (nSPS) is 10.6. The minimum Gasteiger partial charge on any atom is -0.325 e. The molecule has 0 aliphatic carbocycles. The second-order valence-electron chi connectivity index (χ2n) is 5.13. The van der Waals surface area contributed by atoms with Gasteiger partial charge in [0.05, 0.1) is 5.75 Å². The molecule has 3 aromatic rings. The lowest BCUT2D eigenvalue weighted by Crippen LogP contribution is -2.14. The first-order valence-electron chi connectivity index (χ1n) is 7.28. The largest absolute Gasteiger partial charge is 0.325 e. The van der Waals surface area contributed by atoms with Gasteiger partial charge in [0.1, 0.15) is 0 Å². The molecule has 0 fully saturated rings. The molecule has 2 N–H and O–H groups in total. The van der Waals surface area contributed by atoms with Crippen molar-refractivity contribution in [1.29, 1.82) is 0 Å². The van der Waals surface area contributed by atoms with E-state index in [1.54, 1.807) is 0 Å². The zero-order valence-electron chi connectivity index (χ0n) is 12.9. The first-order valence-corrected chi connectivity index (χ1v) is 9.35. The van der Waals surface area contributed by atoms with Crippen LogP contribution in [0.2, 0.25) is 0 Å². The number of carbonyl (C=O) groups is 1. The molecule has 24 heavy (non-hydrogen) atoms. The molecular formula is C17H15IN4OS. The van der Waals surface area contributed by atoms with Crippen LogP contribution in [-0.2, 0) is 4.79 Å². The van der Waals surface area contributed by atoms with Crippen LogP contribution in [0.15, 0.2) is 53.7 Å². The fraction of sp³-hybridized carbons (Fsp3) is 0.118. The van der Waals surface area contributed by atoms with E-state index in [9.17, 15) is 4.79 Å². The number of H-pyrrole nitrogens is 1. The Kier molecular flexibility index (Phi) is 5.52. The number of carbonyl (C=O) groups excluding carboxylic acids is 1. The van der Waals surface area contributed by atoms with Crippen LogP contribution in [0, 0.1) is 10.5 Å². The molecule has 0 aliphatic rings. The molecular weight excluding hydrogens is 435 g/mol. The van der Waals surface area contributed by atoms with E-state index in [-0.39, 0.29) is 11.7 Å². The van der Waals surface area contributed by atoms with Crippen LogP contribution in [0.25, 0.3) is 11.4 Å². The van der Waals surface area contributed by atoms with Gasteiger partial charge in [0.15, 0.2) is 5.82 Å². The Morgan fingerprint density at radius 3 is 2.88 bits per heavy atom. The molecule has 0 atom stereocenters. The number of anilines is 1. The minimum absolute atomic E-state index is 0.0794. The smallest absolute Gasteiger partial charge is 0.234 e. The van der Waals surface area contributed by atoms with Crippen LogP contribution < -0.4 is 5.32 Å². The molecule has 0 aliphatic heterocycles. The van der Waals surface area contributed by atoms with E-state index in [0.717, 1.165) is 20.4 Å². The van der Waals surface area contributed by atoms with Crippen LogP contribution in [0.1, 0.15) is 5.56 Å². The van der Waals surface area contributed by atoms with Gasteiger partial charge in [0.25, 0.3) is 0 Å². The number of aromatic nitrogens is 3. The lowest BCUT2D eigenvalue weighted by atomic mass is 10.1. The van der Waals surface area contributed by atoms with Gasteiger partial charge in [-0.1, -0.05) is 42.1 Å². The highest BCUT2D eigenvalue weighted by Gasteiger charge is 2.10. The summed E-state index contributed by atoms with van der Waals surface area (Å²) in [5, 5.41) is 10.5. The highest BCUT2D eigenvalue weighted by Crippen LogP contribution is 2.22. The molecule has 0 unspecified atom stereocenters. The zero-order chi connectivity index (χ0) is 16.9. The van der Waals surface area contributed by atoms with Gasteiger partial charge < -0.3 is 5.32 Å². The number of nitrogens with zero attached hydrogens (tertiary/aromatic N) is 2. The zero-order valence-corrected chi connectivity index (χ0v) is 15.9. The van der Waals surface area contributed by atoms with Gasteiger partial charge in [0, 0.05) is 14.8 Å². The predicted molar refractivity (Wildman–Crippen MR) is 105 cm³/mol. The summed E-state index contributed by atoms with van der Waals surface area (Å²) >= 11 is 3.52. The summed E-state index contributed by atoms with van der Waals surface area (Å²) in [5.41, 5.74) is 2.94. The number of halogens is 1. The number of thioether (sulfide) groups is 1. The van der Waals surface area contributed by atoms with Crippen molar-refractivity contribution in [2.45, 2.75) is 12.1 Å². The number of rotatable bonds is 5. The van der Waals surface area contributed by atoms with Crippen molar-refractivity contribution in [3.8, 4) is 11.4 Å². The van der Waals surface area contributed by atoms with E-state index in [4.69, 9.17) is 0 Å². The molecule has 0 saturated carbocycles. The maximum Gasteiger partial charge on any atom is 0.234 e. The van der Waals surface area contributed by atoms with Crippen molar-refractivity contribution in [2.75, 3.05) is 11.1 Å². The fourth-order valence-corrected chi connectivity index (χ4v) is 3.30. The Balaban J connectivity index is 1.59. The molecule has 1 amide bonds. The first-order chi connectivity index (χ1) is 11.6. The van der Waals surface area contributed by atoms with Crippen LogP contribution in [0.5, 0.6) is 0 Å². The van der Waals surface area contributed by atoms with Gasteiger partial charge in [-0.05, 0) is 53.3 Å². The lowest BCUT2D eigenvalue weighted by molar-refractivity contribution is -0.113. The summed E-state index contributed by atoms with van der Waals surface area (Å²) in [6.45, 7) is 2.03. The van der Waals surface area contributed by atoms with Crippen molar-refractivity contribution in [2.24, 2.45) is 0 Å². The fourth-order valence-electron chi connectivity index (χ4n) is 2.16. The van der Waals surface area contributed by atoms with Crippen LogP contribution in [-0.4, -0.2) is 26.8 Å². The highest BCUT2D eigenvalue weighted by atomic mass is 127. The van der Waals surface area contributed by atoms with Crippen molar-refractivity contribution >= 4 is 45.9 Å². The van der Waals surface area contributed by atoms with Gasteiger partial charge in [-0.2, -0.15) is 0 Å². The van der Waals surface area contributed by atoms with E-state index in [1.807, 2.05) is 55.5 Å². The second-order valence-corrected chi connectivity index (χ2v) is 7.32. The summed E-state index contributed by atoms with van der Waals surface area (Å²) in [5.74, 6) is 0.897. The molecule has 0 spiro atoms. The summed E-state index contributed by atoms with van der Waals surface area (Å²) in [6.07, 6.45) is 0. The van der Waals surface area contributed by atoms with Crippen molar-refractivity contribution in [3.05, 3.63) is 57.7 Å². The Labute approximate surface area is 157 Å². The standard InChI is InChI=1S/C17H15IN4OS/c1-11-5-2-3-8-14(11)16-20-17(22-21-16)24-10-15(23)19-13-7-4-6-12(18)9-13/h2-9H,10H2,1H3,(H,19,23)(H,20,21,22). The molecule has 0 saturated heterocycles. The van der Waals surface area contributed by atoms with E-state index in [0.29, 0.717) is 11.0 Å². The van der Waals surface area contributed by atoms with E-state index < -0.39 is 0 Å². The number of amides is 1. The molecule has 0 bridgehead atoms. The van der Waals surface area contributed by atoms with Gasteiger partial charge >= 0.3 is 0 Å². The molecule has 1 heterocycles. The summed E-state index contributed by atoms with van der Waals surface area (Å²) in [7, 11) is 0. The topological polar surface area (TPSA) is 70.7 Å².